The van der Waals surface area contributed by atoms with E-state index in [-0.39, 0.29) is 12.1 Å². The number of aliphatic hydroxyl groups excluding tert-OH is 1. The van der Waals surface area contributed by atoms with E-state index < -0.39 is 0 Å². The zero-order valence-electron chi connectivity index (χ0n) is 16.0. The number of hydrogen-bond acceptors (Lipinski definition) is 5. The number of nitrogens with one attached hydrogen (secondary N) is 1. The Morgan fingerprint density at radius 2 is 2.03 bits per heavy atom. The summed E-state index contributed by atoms with van der Waals surface area (Å²) in [6.45, 7) is 0.725. The third-order valence-corrected chi connectivity index (χ3v) is 6.58. The van der Waals surface area contributed by atoms with Crippen LogP contribution in [0.15, 0.2) is 42.7 Å². The van der Waals surface area contributed by atoms with E-state index in [1.165, 1.54) is 5.56 Å². The fourth-order valence-electron chi connectivity index (χ4n) is 4.04. The van der Waals surface area contributed by atoms with Gasteiger partial charge in [-0.05, 0) is 48.7 Å². The van der Waals surface area contributed by atoms with Crippen molar-refractivity contribution in [1.82, 2.24) is 14.5 Å². The van der Waals surface area contributed by atoms with Crippen LogP contribution < -0.4 is 5.32 Å². The van der Waals surface area contributed by atoms with Crippen molar-refractivity contribution in [2.24, 2.45) is 0 Å². The largest absolute Gasteiger partial charge is 0.391 e. The first-order valence-corrected chi connectivity index (χ1v) is 10.8. The van der Waals surface area contributed by atoms with Crippen LogP contribution in [-0.4, -0.2) is 31.8 Å². The van der Waals surface area contributed by atoms with Crippen LogP contribution in [0, 0.1) is 12.3 Å². The molecule has 1 saturated carbocycles. The van der Waals surface area contributed by atoms with Crippen LogP contribution in [0.25, 0.3) is 21.3 Å². The van der Waals surface area contributed by atoms with Gasteiger partial charge in [0.1, 0.15) is 0 Å². The maximum atomic E-state index is 10.2. The van der Waals surface area contributed by atoms with E-state index in [4.69, 9.17) is 11.4 Å². The Balaban J connectivity index is 1.39. The first kappa shape index (κ1) is 18.2. The molecule has 1 fully saturated rings. The zero-order valence-corrected chi connectivity index (χ0v) is 16.8. The predicted octanol–water partition coefficient (Wildman–Crippen LogP) is 4.39. The molecule has 29 heavy (non-hydrogen) atoms. The van der Waals surface area contributed by atoms with E-state index in [9.17, 15) is 5.11 Å². The topological polar surface area (TPSA) is 63.0 Å². The van der Waals surface area contributed by atoms with Crippen molar-refractivity contribution in [2.45, 2.75) is 44.4 Å². The lowest BCUT2D eigenvalue weighted by Gasteiger charge is -2.27. The normalized spacial score (nSPS) is 19.4. The summed E-state index contributed by atoms with van der Waals surface area (Å²) < 4.78 is 3.26. The molecule has 146 valence electrons. The zero-order chi connectivity index (χ0) is 19.8. The van der Waals surface area contributed by atoms with Crippen LogP contribution in [0.1, 0.15) is 36.8 Å². The average Bonchev–Trinajstić information content (AvgIpc) is 3.32. The second-order valence-corrected chi connectivity index (χ2v) is 8.67. The highest BCUT2D eigenvalue weighted by molar-refractivity contribution is 7.22. The number of aliphatic hydroxyl groups is 1. The predicted molar refractivity (Wildman–Crippen MR) is 118 cm³/mol. The Morgan fingerprint density at radius 1 is 1.17 bits per heavy atom. The second-order valence-electron chi connectivity index (χ2n) is 7.64. The van der Waals surface area contributed by atoms with Gasteiger partial charge in [-0.1, -0.05) is 36.2 Å². The summed E-state index contributed by atoms with van der Waals surface area (Å²) in [5.74, 6) is 2.69. The minimum atomic E-state index is -0.284. The number of imidazole rings is 1. The summed E-state index contributed by atoms with van der Waals surface area (Å²) in [4.78, 5) is 9.19. The summed E-state index contributed by atoms with van der Waals surface area (Å²) >= 11 is 1.64. The van der Waals surface area contributed by atoms with Gasteiger partial charge in [0.05, 0.1) is 39.7 Å². The van der Waals surface area contributed by atoms with Gasteiger partial charge in [0.2, 0.25) is 0 Å². The first-order chi connectivity index (χ1) is 14.2. The minimum absolute atomic E-state index is 0.103. The Kier molecular flexibility index (Phi) is 4.70. The van der Waals surface area contributed by atoms with Crippen LogP contribution in [0.4, 0.5) is 5.13 Å². The molecule has 0 saturated heterocycles. The van der Waals surface area contributed by atoms with Crippen molar-refractivity contribution in [3.8, 4) is 12.3 Å². The molecular formula is C23H22N4OS. The third-order valence-electron chi connectivity index (χ3n) is 5.63. The Hall–Kier alpha value is -2.88. The SMILES string of the molecule is C#Cc1ccc2ncn(Cc3ccc4nc(NC5CCCC[C@H]5O)sc4c3)c2c1. The number of nitrogens with zero attached hydrogens (tertiary/aromatic N) is 3. The van der Waals surface area contributed by atoms with Crippen molar-refractivity contribution in [1.29, 1.82) is 0 Å². The smallest absolute Gasteiger partial charge is 0.184 e. The van der Waals surface area contributed by atoms with Gasteiger partial charge >= 0.3 is 0 Å². The maximum Gasteiger partial charge on any atom is 0.184 e. The van der Waals surface area contributed by atoms with Crippen LogP contribution in [0.2, 0.25) is 0 Å². The Morgan fingerprint density at radius 3 is 2.90 bits per heavy atom. The molecule has 5 nitrogen and oxygen atoms in total. The highest BCUT2D eigenvalue weighted by Gasteiger charge is 2.23. The van der Waals surface area contributed by atoms with Gasteiger partial charge in [0.25, 0.3) is 0 Å². The van der Waals surface area contributed by atoms with E-state index in [0.29, 0.717) is 0 Å². The highest BCUT2D eigenvalue weighted by Crippen LogP contribution is 2.30. The molecule has 1 unspecified atom stereocenters. The molecule has 0 aliphatic heterocycles. The molecule has 2 N–H and O–H groups in total. The van der Waals surface area contributed by atoms with Crippen molar-refractivity contribution in [3.63, 3.8) is 0 Å². The Bertz CT molecular complexity index is 1220. The molecule has 5 rings (SSSR count). The molecule has 1 aliphatic carbocycles. The van der Waals surface area contributed by atoms with Gasteiger partial charge in [-0.15, -0.1) is 6.42 Å². The van der Waals surface area contributed by atoms with Crippen LogP contribution >= 0.6 is 11.3 Å². The molecule has 6 heteroatoms. The van der Waals surface area contributed by atoms with E-state index >= 15 is 0 Å². The number of thiazole rings is 1. The number of anilines is 1. The molecule has 2 atom stereocenters. The van der Waals surface area contributed by atoms with E-state index in [1.54, 1.807) is 11.3 Å². The lowest BCUT2D eigenvalue weighted by Crippen LogP contribution is -2.36. The highest BCUT2D eigenvalue weighted by atomic mass is 32.1. The van der Waals surface area contributed by atoms with Gasteiger partial charge < -0.3 is 15.0 Å². The molecule has 0 radical (unpaired) electrons. The number of fused-ring (bicyclic) bond motifs is 2. The minimum Gasteiger partial charge on any atom is -0.391 e. The summed E-state index contributed by atoms with van der Waals surface area (Å²) in [6, 6.07) is 12.4. The van der Waals surface area contributed by atoms with Crippen LogP contribution in [-0.2, 0) is 6.54 Å². The van der Waals surface area contributed by atoms with E-state index in [1.807, 2.05) is 24.5 Å². The van der Waals surface area contributed by atoms with Crippen LogP contribution in [0.3, 0.4) is 0 Å². The lowest BCUT2D eigenvalue weighted by molar-refractivity contribution is 0.116. The molecule has 0 spiro atoms. The monoisotopic (exact) mass is 402 g/mol. The van der Waals surface area contributed by atoms with Gasteiger partial charge in [0, 0.05) is 12.1 Å². The lowest BCUT2D eigenvalue weighted by atomic mass is 9.93. The molecule has 2 aromatic heterocycles. The average molecular weight is 403 g/mol. The molecule has 2 heterocycles. The summed E-state index contributed by atoms with van der Waals surface area (Å²) in [5, 5.41) is 14.5. The standard InChI is InChI=1S/C23H22N4OS/c1-2-15-7-9-17-20(11-15)27(14-24-17)13-16-8-10-19-22(12-16)29-23(26-19)25-18-5-3-4-6-21(18)28/h1,7-12,14,18,21,28H,3-6,13H2,(H,25,26)/t18?,21-/m1/s1. The first-order valence-electron chi connectivity index (χ1n) is 9.95. The van der Waals surface area contributed by atoms with Crippen molar-refractivity contribution in [3.05, 3.63) is 53.9 Å². The van der Waals surface area contributed by atoms with E-state index in [0.717, 1.165) is 64.2 Å². The van der Waals surface area contributed by atoms with Gasteiger partial charge in [-0.3, -0.25) is 0 Å². The maximum absolute atomic E-state index is 10.2. The number of rotatable bonds is 4. The molecule has 1 aliphatic rings. The number of aromatic nitrogens is 3. The van der Waals surface area contributed by atoms with Crippen molar-refractivity contribution in [2.75, 3.05) is 5.32 Å². The Labute approximate surface area is 173 Å². The van der Waals surface area contributed by atoms with Crippen LogP contribution in [0.5, 0.6) is 0 Å². The van der Waals surface area contributed by atoms with E-state index in [2.05, 4.69) is 39.0 Å². The summed E-state index contributed by atoms with van der Waals surface area (Å²) in [7, 11) is 0. The summed E-state index contributed by atoms with van der Waals surface area (Å²) in [5.41, 5.74) is 5.02. The molecule has 0 amide bonds. The molecule has 4 aromatic rings. The molecular weight excluding hydrogens is 380 g/mol. The van der Waals surface area contributed by atoms with Gasteiger partial charge in [-0.2, -0.15) is 0 Å². The fraction of sp³-hybridized carbons (Fsp3) is 0.304. The fourth-order valence-corrected chi connectivity index (χ4v) is 5.03. The van der Waals surface area contributed by atoms with Gasteiger partial charge in [0.15, 0.2) is 5.13 Å². The van der Waals surface area contributed by atoms with Crippen molar-refractivity contribution >= 4 is 37.7 Å². The second kappa shape index (κ2) is 7.51. The molecule has 2 aromatic carbocycles. The van der Waals surface area contributed by atoms with Gasteiger partial charge in [-0.25, -0.2) is 9.97 Å². The van der Waals surface area contributed by atoms with Crippen molar-refractivity contribution < 1.29 is 5.11 Å². The number of benzene rings is 2. The third kappa shape index (κ3) is 3.59. The number of hydrogen-bond donors (Lipinski definition) is 2. The summed E-state index contributed by atoms with van der Waals surface area (Å²) in [6.07, 6.45) is 11.2. The molecule has 0 bridgehead atoms. The quantitative estimate of drug-likeness (QED) is 0.497. The number of terminal acetylenes is 1.